The van der Waals surface area contributed by atoms with E-state index in [1.54, 1.807) is 24.5 Å². The molecular weight excluding hydrogens is 452 g/mol. The first-order valence-electron chi connectivity index (χ1n) is 11.1. The largest absolute Gasteiger partial charge is 0.341 e. The van der Waals surface area contributed by atoms with Gasteiger partial charge in [-0.2, -0.15) is 5.10 Å². The topological polar surface area (TPSA) is 129 Å². The van der Waals surface area contributed by atoms with Gasteiger partial charge < -0.3 is 10.2 Å². The van der Waals surface area contributed by atoms with Crippen LogP contribution in [0.1, 0.15) is 24.1 Å². The highest BCUT2D eigenvalue weighted by Gasteiger charge is 2.25. The van der Waals surface area contributed by atoms with Crippen LogP contribution >= 0.6 is 11.8 Å². The highest BCUT2D eigenvalue weighted by atomic mass is 32.2. The molecule has 2 fully saturated rings. The summed E-state index contributed by atoms with van der Waals surface area (Å²) in [4.78, 5) is 39.1. The molecule has 3 aromatic rings. The predicted octanol–water partition coefficient (Wildman–Crippen LogP) is 2.59. The van der Waals surface area contributed by atoms with Crippen molar-refractivity contribution in [2.24, 2.45) is 5.92 Å². The highest BCUT2D eigenvalue weighted by Crippen LogP contribution is 2.26. The Kier molecular flexibility index (Phi) is 6.63. The van der Waals surface area contributed by atoms with Crippen LogP contribution in [0.5, 0.6) is 0 Å². The fraction of sp³-hybridized carbons (Fsp3) is 0.304. The lowest BCUT2D eigenvalue weighted by molar-refractivity contribution is -0.115. The fourth-order valence-electron chi connectivity index (χ4n) is 4.04. The molecule has 2 saturated heterocycles. The van der Waals surface area contributed by atoms with Crippen molar-refractivity contribution >= 4 is 34.9 Å². The highest BCUT2D eigenvalue weighted by molar-refractivity contribution is 8.18. The molecule has 0 bridgehead atoms. The van der Waals surface area contributed by atoms with Crippen molar-refractivity contribution in [2.45, 2.75) is 19.4 Å². The number of H-pyrrole nitrogens is 1. The summed E-state index contributed by atoms with van der Waals surface area (Å²) in [6.45, 7) is 3.49. The van der Waals surface area contributed by atoms with Gasteiger partial charge in [0, 0.05) is 43.8 Å². The van der Waals surface area contributed by atoms with Gasteiger partial charge in [0.05, 0.1) is 22.5 Å². The lowest BCUT2D eigenvalue weighted by Crippen LogP contribution is -2.38. The summed E-state index contributed by atoms with van der Waals surface area (Å²) >= 11 is 0.889. The SMILES string of the molecule is O=C1NC(=O)/C(=C/c2ccnc(N3CCC(CNCc4ccnc(-c5cn[nH]c5)c4)CC3)n2)S1. The molecule has 2 aliphatic heterocycles. The second-order valence-electron chi connectivity index (χ2n) is 8.23. The molecule has 0 aliphatic carbocycles. The Morgan fingerprint density at radius 3 is 2.79 bits per heavy atom. The lowest BCUT2D eigenvalue weighted by atomic mass is 9.97. The van der Waals surface area contributed by atoms with Crippen LogP contribution in [0.15, 0.2) is 47.9 Å². The van der Waals surface area contributed by atoms with Crippen molar-refractivity contribution in [3.05, 3.63) is 59.1 Å². The van der Waals surface area contributed by atoms with E-state index in [0.717, 1.165) is 62.0 Å². The maximum Gasteiger partial charge on any atom is 0.290 e. The number of piperidine rings is 1. The third-order valence-electron chi connectivity index (χ3n) is 5.86. The molecule has 5 rings (SSSR count). The summed E-state index contributed by atoms with van der Waals surface area (Å²) in [5, 5.41) is 12.3. The van der Waals surface area contributed by atoms with Gasteiger partial charge in [-0.3, -0.25) is 25.0 Å². The van der Waals surface area contributed by atoms with Crippen molar-refractivity contribution in [3.63, 3.8) is 0 Å². The molecule has 0 spiro atoms. The standard InChI is InChI=1S/C23H24N8O2S/c32-21-20(34-23(33)30-21)10-18-2-6-26-22(29-18)31-7-3-15(4-8-31)11-24-12-16-1-5-25-19(9-16)17-13-27-28-14-17/h1-2,5-6,9-10,13-15,24H,3-4,7-8,11-12H2,(H,27,28)(H,30,32,33)/b20-10-. The normalized spacial score (nSPS) is 18.0. The Labute approximate surface area is 200 Å². The van der Waals surface area contributed by atoms with Crippen molar-refractivity contribution in [1.82, 2.24) is 35.8 Å². The number of carbonyl (C=O) groups excluding carboxylic acids is 2. The number of hydrogen-bond donors (Lipinski definition) is 3. The van der Waals surface area contributed by atoms with Crippen LogP contribution in [0.3, 0.4) is 0 Å². The minimum atomic E-state index is -0.382. The van der Waals surface area contributed by atoms with Gasteiger partial charge in [-0.15, -0.1) is 0 Å². The number of anilines is 1. The lowest BCUT2D eigenvalue weighted by Gasteiger charge is -2.32. The van der Waals surface area contributed by atoms with Crippen molar-refractivity contribution in [3.8, 4) is 11.3 Å². The number of aromatic nitrogens is 5. The van der Waals surface area contributed by atoms with Crippen LogP contribution in [-0.4, -0.2) is 55.9 Å². The predicted molar refractivity (Wildman–Crippen MR) is 130 cm³/mol. The summed E-state index contributed by atoms with van der Waals surface area (Å²) in [6, 6.07) is 5.85. The Hall–Kier alpha value is -3.57. The first-order valence-corrected chi connectivity index (χ1v) is 11.9. The van der Waals surface area contributed by atoms with Gasteiger partial charge >= 0.3 is 0 Å². The zero-order chi connectivity index (χ0) is 23.3. The van der Waals surface area contributed by atoms with Crippen LogP contribution in [0.2, 0.25) is 0 Å². The van der Waals surface area contributed by atoms with Crippen LogP contribution in [0.4, 0.5) is 10.7 Å². The molecule has 0 radical (unpaired) electrons. The first kappa shape index (κ1) is 22.2. The monoisotopic (exact) mass is 476 g/mol. The number of thioether (sulfide) groups is 1. The molecule has 2 aliphatic rings. The van der Waals surface area contributed by atoms with Crippen molar-refractivity contribution < 1.29 is 9.59 Å². The van der Waals surface area contributed by atoms with Gasteiger partial charge in [0.1, 0.15) is 0 Å². The number of imide groups is 1. The minimum Gasteiger partial charge on any atom is -0.341 e. The Balaban J connectivity index is 1.11. The van der Waals surface area contributed by atoms with Gasteiger partial charge in [0.25, 0.3) is 11.1 Å². The Morgan fingerprint density at radius 1 is 1.18 bits per heavy atom. The molecule has 3 N–H and O–H groups in total. The number of pyridine rings is 1. The molecule has 174 valence electrons. The molecule has 0 atom stereocenters. The van der Waals surface area contributed by atoms with Crippen LogP contribution in [0, 0.1) is 5.92 Å². The van der Waals surface area contributed by atoms with E-state index in [-0.39, 0.29) is 11.1 Å². The fourth-order valence-corrected chi connectivity index (χ4v) is 4.71. The zero-order valence-corrected chi connectivity index (χ0v) is 19.2. The smallest absolute Gasteiger partial charge is 0.290 e. The third-order valence-corrected chi connectivity index (χ3v) is 6.67. The number of amides is 2. The van der Waals surface area contributed by atoms with Crippen LogP contribution in [0.25, 0.3) is 17.3 Å². The van der Waals surface area contributed by atoms with E-state index in [2.05, 4.69) is 46.7 Å². The van der Waals surface area contributed by atoms with Crippen LogP contribution in [-0.2, 0) is 11.3 Å². The number of hydrogen-bond acceptors (Lipinski definition) is 9. The van der Waals surface area contributed by atoms with Gasteiger partial charge in [-0.25, -0.2) is 9.97 Å². The summed E-state index contributed by atoms with van der Waals surface area (Å²) in [5.41, 5.74) is 3.71. The Bertz CT molecular complexity index is 1210. The molecule has 34 heavy (non-hydrogen) atoms. The van der Waals surface area contributed by atoms with Crippen molar-refractivity contribution in [1.29, 1.82) is 0 Å². The summed E-state index contributed by atoms with van der Waals surface area (Å²) in [6.07, 6.45) is 10.9. The maximum atomic E-state index is 11.8. The van der Waals surface area contributed by atoms with E-state index in [1.807, 2.05) is 18.5 Å². The average molecular weight is 477 g/mol. The van der Waals surface area contributed by atoms with Gasteiger partial charge in [0.2, 0.25) is 5.95 Å². The molecule has 3 aromatic heterocycles. The molecule has 10 nitrogen and oxygen atoms in total. The van der Waals surface area contributed by atoms with E-state index >= 15 is 0 Å². The number of carbonyl (C=O) groups is 2. The van der Waals surface area contributed by atoms with Gasteiger partial charge in [-0.1, -0.05) is 0 Å². The van der Waals surface area contributed by atoms with E-state index < -0.39 is 0 Å². The molecule has 2 amide bonds. The average Bonchev–Trinajstić information content (AvgIpc) is 3.50. The van der Waals surface area contributed by atoms with E-state index in [1.165, 1.54) is 5.56 Å². The quantitative estimate of drug-likeness (QED) is 0.441. The number of aromatic amines is 1. The molecule has 0 unspecified atom stereocenters. The zero-order valence-electron chi connectivity index (χ0n) is 18.4. The van der Waals surface area contributed by atoms with Crippen LogP contribution < -0.4 is 15.5 Å². The van der Waals surface area contributed by atoms with Crippen molar-refractivity contribution in [2.75, 3.05) is 24.5 Å². The second-order valence-corrected chi connectivity index (χ2v) is 9.25. The maximum absolute atomic E-state index is 11.8. The minimum absolute atomic E-state index is 0.352. The van der Waals surface area contributed by atoms with E-state index in [9.17, 15) is 9.59 Å². The van der Waals surface area contributed by atoms with Gasteiger partial charge in [-0.05, 0) is 66.9 Å². The first-order chi connectivity index (χ1) is 16.6. The van der Waals surface area contributed by atoms with E-state index in [4.69, 9.17) is 0 Å². The Morgan fingerprint density at radius 2 is 2.03 bits per heavy atom. The van der Waals surface area contributed by atoms with E-state index in [0.29, 0.717) is 22.5 Å². The summed E-state index contributed by atoms with van der Waals surface area (Å²) < 4.78 is 0. The molecule has 11 heteroatoms. The molecular formula is C23H24N8O2S. The molecule has 0 aromatic carbocycles. The van der Waals surface area contributed by atoms with Gasteiger partial charge in [0.15, 0.2) is 0 Å². The second kappa shape index (κ2) is 10.1. The summed E-state index contributed by atoms with van der Waals surface area (Å²) in [5.74, 6) is 0.855. The third kappa shape index (κ3) is 5.32. The number of nitrogens with one attached hydrogen (secondary N) is 3. The molecule has 0 saturated carbocycles. The number of nitrogens with zero attached hydrogens (tertiary/aromatic N) is 5. The summed E-state index contributed by atoms with van der Waals surface area (Å²) in [7, 11) is 0. The molecule has 5 heterocycles. The number of rotatable bonds is 7.